The molecule has 0 aliphatic heterocycles. The third kappa shape index (κ3) is 3.77. The Morgan fingerprint density at radius 2 is 2.10 bits per heavy atom. The predicted octanol–water partition coefficient (Wildman–Crippen LogP) is 4.13. The van der Waals surface area contributed by atoms with Gasteiger partial charge in [0.25, 0.3) is 0 Å². The molecule has 0 unspecified atom stereocenters. The van der Waals surface area contributed by atoms with E-state index in [0.717, 1.165) is 5.56 Å². The van der Waals surface area contributed by atoms with Crippen LogP contribution in [0, 0.1) is 5.92 Å². The van der Waals surface area contributed by atoms with Gasteiger partial charge in [-0.2, -0.15) is 5.10 Å². The van der Waals surface area contributed by atoms with E-state index in [-0.39, 0.29) is 10.7 Å². The second-order valence-electron chi connectivity index (χ2n) is 5.30. The van der Waals surface area contributed by atoms with Crippen molar-refractivity contribution in [2.45, 2.75) is 26.8 Å². The molecular weight excluding hydrogens is 311 g/mol. The number of nitrogens with zero attached hydrogens (tertiary/aromatic N) is 2. The van der Waals surface area contributed by atoms with Crippen molar-refractivity contribution in [1.29, 1.82) is 0 Å². The molecule has 1 heterocycles. The van der Waals surface area contributed by atoms with E-state index >= 15 is 0 Å². The molecule has 1 aromatic carbocycles. The summed E-state index contributed by atoms with van der Waals surface area (Å²) in [7, 11) is 0. The Hall–Kier alpha value is -1.52. The fraction of sp³-hybridized carbons (Fsp3) is 0.333. The lowest BCUT2D eigenvalue weighted by atomic mass is 10.1. The Balaban J connectivity index is 2.38. The summed E-state index contributed by atoms with van der Waals surface area (Å²) in [4.78, 5) is 11.4. The highest BCUT2D eigenvalue weighted by atomic mass is 35.5. The lowest BCUT2D eigenvalue weighted by molar-refractivity contribution is 0.0695. The van der Waals surface area contributed by atoms with Crippen LogP contribution in [0.2, 0.25) is 10.2 Å². The summed E-state index contributed by atoms with van der Waals surface area (Å²) in [5.74, 6) is -0.748. The molecular formula is C15H16Cl2N2O2. The first kappa shape index (κ1) is 15.9. The van der Waals surface area contributed by atoms with Crippen LogP contribution in [0.15, 0.2) is 24.3 Å². The van der Waals surface area contributed by atoms with Crippen molar-refractivity contribution in [3.63, 3.8) is 0 Å². The first-order valence-electron chi connectivity index (χ1n) is 6.61. The van der Waals surface area contributed by atoms with E-state index in [4.69, 9.17) is 23.2 Å². The van der Waals surface area contributed by atoms with Gasteiger partial charge in [0.15, 0.2) is 0 Å². The molecule has 1 N–H and O–H groups in total. The van der Waals surface area contributed by atoms with E-state index in [1.54, 1.807) is 6.07 Å². The van der Waals surface area contributed by atoms with Gasteiger partial charge in [-0.15, -0.1) is 0 Å². The van der Waals surface area contributed by atoms with Gasteiger partial charge in [-0.1, -0.05) is 49.2 Å². The summed E-state index contributed by atoms with van der Waals surface area (Å²) in [5, 5.41) is 14.5. The number of carboxylic acid groups (broad SMARTS) is 1. The van der Waals surface area contributed by atoms with Gasteiger partial charge in [-0.3, -0.25) is 0 Å². The number of aromatic nitrogens is 2. The second kappa shape index (κ2) is 6.50. The summed E-state index contributed by atoms with van der Waals surface area (Å²) < 4.78 is 1.51. The number of aromatic carboxylic acids is 1. The maximum absolute atomic E-state index is 11.4. The molecule has 4 nitrogen and oxygen atoms in total. The molecule has 6 heteroatoms. The van der Waals surface area contributed by atoms with Crippen LogP contribution in [0.5, 0.6) is 0 Å². The molecule has 0 saturated carbocycles. The zero-order valence-corrected chi connectivity index (χ0v) is 13.3. The maximum Gasteiger partial charge on any atom is 0.340 e. The van der Waals surface area contributed by atoms with Crippen molar-refractivity contribution < 1.29 is 9.90 Å². The minimum absolute atomic E-state index is 0.0902. The SMILES string of the molecule is CC(C)Cc1nn(Cc2cccc(Cl)c2)c(Cl)c1C(=O)O. The van der Waals surface area contributed by atoms with E-state index in [1.807, 2.05) is 32.0 Å². The summed E-state index contributed by atoms with van der Waals surface area (Å²) in [6, 6.07) is 7.32. The van der Waals surface area contributed by atoms with Crippen molar-refractivity contribution >= 4 is 29.2 Å². The van der Waals surface area contributed by atoms with Crippen LogP contribution in [0.1, 0.15) is 35.5 Å². The molecule has 2 aromatic rings. The molecule has 0 radical (unpaired) electrons. The molecule has 0 fully saturated rings. The molecule has 0 aliphatic carbocycles. The molecule has 0 spiro atoms. The van der Waals surface area contributed by atoms with E-state index < -0.39 is 5.97 Å². The molecule has 0 atom stereocenters. The average Bonchev–Trinajstić information content (AvgIpc) is 2.65. The molecule has 0 aliphatic rings. The smallest absolute Gasteiger partial charge is 0.340 e. The fourth-order valence-corrected chi connectivity index (χ4v) is 2.64. The summed E-state index contributed by atoms with van der Waals surface area (Å²) >= 11 is 12.1. The lowest BCUT2D eigenvalue weighted by Gasteiger charge is -2.04. The highest BCUT2D eigenvalue weighted by Crippen LogP contribution is 2.24. The van der Waals surface area contributed by atoms with Crippen molar-refractivity contribution in [2.24, 2.45) is 5.92 Å². The van der Waals surface area contributed by atoms with Gasteiger partial charge in [0, 0.05) is 5.02 Å². The normalized spacial score (nSPS) is 11.1. The summed E-state index contributed by atoms with van der Waals surface area (Å²) in [6.07, 6.45) is 0.573. The quantitative estimate of drug-likeness (QED) is 0.898. The molecule has 0 saturated heterocycles. The summed E-state index contributed by atoms with van der Waals surface area (Å²) in [6.45, 7) is 4.41. The highest BCUT2D eigenvalue weighted by molar-refractivity contribution is 6.32. The maximum atomic E-state index is 11.4. The van der Waals surface area contributed by atoms with Crippen LogP contribution in [-0.4, -0.2) is 20.9 Å². The number of hydrogen-bond acceptors (Lipinski definition) is 2. The van der Waals surface area contributed by atoms with Gasteiger partial charge in [-0.05, 0) is 30.0 Å². The summed E-state index contributed by atoms with van der Waals surface area (Å²) in [5.41, 5.74) is 1.52. The van der Waals surface area contributed by atoms with Gasteiger partial charge in [0.1, 0.15) is 10.7 Å². The van der Waals surface area contributed by atoms with Crippen LogP contribution in [-0.2, 0) is 13.0 Å². The topological polar surface area (TPSA) is 55.1 Å². The van der Waals surface area contributed by atoms with Gasteiger partial charge < -0.3 is 5.11 Å². The fourth-order valence-electron chi connectivity index (χ4n) is 2.14. The van der Waals surface area contributed by atoms with Crippen LogP contribution in [0.3, 0.4) is 0 Å². The van der Waals surface area contributed by atoms with Crippen molar-refractivity contribution in [3.05, 3.63) is 51.3 Å². The van der Waals surface area contributed by atoms with Crippen LogP contribution >= 0.6 is 23.2 Å². The molecule has 0 bridgehead atoms. The van der Waals surface area contributed by atoms with E-state index in [0.29, 0.717) is 29.6 Å². The monoisotopic (exact) mass is 326 g/mol. The number of hydrogen-bond donors (Lipinski definition) is 1. The van der Waals surface area contributed by atoms with Crippen molar-refractivity contribution in [1.82, 2.24) is 9.78 Å². The Bertz CT molecular complexity index is 666. The zero-order chi connectivity index (χ0) is 15.6. The van der Waals surface area contributed by atoms with E-state index in [1.165, 1.54) is 4.68 Å². The zero-order valence-electron chi connectivity index (χ0n) is 11.8. The lowest BCUT2D eigenvalue weighted by Crippen LogP contribution is -2.04. The van der Waals surface area contributed by atoms with Crippen LogP contribution < -0.4 is 0 Å². The minimum Gasteiger partial charge on any atom is -0.478 e. The third-order valence-electron chi connectivity index (χ3n) is 3.00. The Labute approximate surface area is 133 Å². The number of rotatable bonds is 5. The predicted molar refractivity (Wildman–Crippen MR) is 83.3 cm³/mol. The van der Waals surface area contributed by atoms with Crippen LogP contribution in [0.4, 0.5) is 0 Å². The molecule has 2 rings (SSSR count). The molecule has 0 amide bonds. The van der Waals surface area contributed by atoms with Gasteiger partial charge >= 0.3 is 5.97 Å². The Morgan fingerprint density at radius 3 is 2.67 bits per heavy atom. The number of halogens is 2. The molecule has 21 heavy (non-hydrogen) atoms. The second-order valence-corrected chi connectivity index (χ2v) is 6.10. The average molecular weight is 327 g/mol. The molecule has 1 aromatic heterocycles. The van der Waals surface area contributed by atoms with E-state index in [9.17, 15) is 9.90 Å². The largest absolute Gasteiger partial charge is 0.478 e. The van der Waals surface area contributed by atoms with Crippen LogP contribution in [0.25, 0.3) is 0 Å². The van der Waals surface area contributed by atoms with E-state index in [2.05, 4.69) is 5.10 Å². The van der Waals surface area contributed by atoms with Gasteiger partial charge in [0.2, 0.25) is 0 Å². The number of carbonyl (C=O) groups is 1. The third-order valence-corrected chi connectivity index (χ3v) is 3.62. The Morgan fingerprint density at radius 1 is 1.38 bits per heavy atom. The van der Waals surface area contributed by atoms with Gasteiger partial charge in [-0.25, -0.2) is 9.48 Å². The highest BCUT2D eigenvalue weighted by Gasteiger charge is 2.22. The minimum atomic E-state index is -1.05. The first-order valence-corrected chi connectivity index (χ1v) is 7.37. The standard InChI is InChI=1S/C15H16Cl2N2O2/c1-9(2)6-12-13(15(20)21)14(17)19(18-12)8-10-4-3-5-11(16)7-10/h3-5,7,9H,6,8H2,1-2H3,(H,20,21). The number of carboxylic acids is 1. The molecule has 112 valence electrons. The Kier molecular flexibility index (Phi) is 4.91. The number of benzene rings is 1. The van der Waals surface area contributed by atoms with Crippen molar-refractivity contribution in [3.8, 4) is 0 Å². The first-order chi connectivity index (χ1) is 9.88. The van der Waals surface area contributed by atoms with Gasteiger partial charge in [0.05, 0.1) is 12.2 Å². The van der Waals surface area contributed by atoms with Crippen molar-refractivity contribution in [2.75, 3.05) is 0 Å².